The molecule has 1 aromatic heterocycles. The Balaban J connectivity index is 1.74. The van der Waals surface area contributed by atoms with Crippen molar-refractivity contribution in [3.05, 3.63) is 76.5 Å². The van der Waals surface area contributed by atoms with Gasteiger partial charge in [-0.25, -0.2) is 4.68 Å². The molecule has 142 valence electrons. The lowest BCUT2D eigenvalue weighted by Crippen LogP contribution is -2.25. The quantitative estimate of drug-likeness (QED) is 0.671. The molecule has 1 aliphatic rings. The lowest BCUT2D eigenvalue weighted by molar-refractivity contribution is 0.0950. The minimum Gasteiger partial charge on any atom is -0.383 e. The Hall–Kier alpha value is -3.41. The molecule has 1 heterocycles. The van der Waals surface area contributed by atoms with Crippen LogP contribution in [0.15, 0.2) is 48.5 Å². The summed E-state index contributed by atoms with van der Waals surface area (Å²) in [6.45, 7) is 3.69. The van der Waals surface area contributed by atoms with Crippen LogP contribution in [0.25, 0.3) is 5.69 Å². The lowest BCUT2D eigenvalue weighted by Gasteiger charge is -2.11. The first-order valence-electron chi connectivity index (χ1n) is 9.32. The first-order chi connectivity index (χ1) is 13.5. The Morgan fingerprint density at radius 3 is 2.46 bits per heavy atom. The second-order valence-electron chi connectivity index (χ2n) is 7.20. The fraction of sp³-hybridized carbons (Fsp3) is 0.227. The number of nitrogens with two attached hydrogens (primary N) is 1. The number of carbonyl (C=O) groups is 2. The number of hydrogen-bond acceptors (Lipinski definition) is 4. The fourth-order valence-electron chi connectivity index (χ4n) is 3.22. The number of amides is 1. The Kier molecular flexibility index (Phi) is 4.47. The fourth-order valence-corrected chi connectivity index (χ4v) is 3.22. The molecule has 3 N–H and O–H groups in total. The van der Waals surface area contributed by atoms with Crippen LogP contribution in [0, 0.1) is 13.8 Å². The molecule has 3 aromatic rings. The molecule has 0 atom stereocenters. The molecule has 0 aliphatic heterocycles. The molecule has 1 fully saturated rings. The van der Waals surface area contributed by atoms with Gasteiger partial charge in [-0.05, 0) is 44.4 Å². The number of nitrogen functional groups attached to an aromatic ring is 1. The molecule has 6 nitrogen and oxygen atoms in total. The summed E-state index contributed by atoms with van der Waals surface area (Å²) in [5, 5.41) is 7.49. The molecule has 6 heteroatoms. The number of carbonyl (C=O) groups excluding carboxylic acids is 2. The molecule has 0 spiro atoms. The van der Waals surface area contributed by atoms with Gasteiger partial charge in [0, 0.05) is 17.2 Å². The molecule has 1 saturated carbocycles. The van der Waals surface area contributed by atoms with Crippen molar-refractivity contribution in [1.29, 1.82) is 0 Å². The van der Waals surface area contributed by atoms with Crippen LogP contribution >= 0.6 is 0 Å². The minimum absolute atomic E-state index is 0.105. The van der Waals surface area contributed by atoms with Crippen molar-refractivity contribution in [2.24, 2.45) is 0 Å². The Labute approximate surface area is 163 Å². The summed E-state index contributed by atoms with van der Waals surface area (Å²) < 4.78 is 1.55. The molecule has 0 unspecified atom stereocenters. The van der Waals surface area contributed by atoms with E-state index in [0.29, 0.717) is 28.1 Å². The monoisotopic (exact) mass is 374 g/mol. The number of benzene rings is 2. The molecule has 2 aromatic carbocycles. The van der Waals surface area contributed by atoms with Crippen molar-refractivity contribution in [3.8, 4) is 5.69 Å². The van der Waals surface area contributed by atoms with Gasteiger partial charge in [-0.15, -0.1) is 0 Å². The van der Waals surface area contributed by atoms with E-state index in [2.05, 4.69) is 10.4 Å². The molecule has 4 rings (SSSR count). The first-order valence-corrected chi connectivity index (χ1v) is 9.32. The first kappa shape index (κ1) is 18.0. The zero-order valence-corrected chi connectivity index (χ0v) is 15.9. The van der Waals surface area contributed by atoms with Gasteiger partial charge in [-0.3, -0.25) is 9.59 Å². The van der Waals surface area contributed by atoms with E-state index < -0.39 is 0 Å². The van der Waals surface area contributed by atoms with E-state index in [1.54, 1.807) is 35.9 Å². The highest BCUT2D eigenvalue weighted by Gasteiger charge is 2.25. The van der Waals surface area contributed by atoms with Gasteiger partial charge in [0.15, 0.2) is 5.78 Å². The number of nitrogens with one attached hydrogen (secondary N) is 1. The molecule has 1 amide bonds. The van der Waals surface area contributed by atoms with E-state index in [1.165, 1.54) is 0 Å². The normalized spacial score (nSPS) is 13.4. The smallest absolute Gasteiger partial charge is 0.251 e. The van der Waals surface area contributed by atoms with Crippen LogP contribution in [0.5, 0.6) is 0 Å². The summed E-state index contributed by atoms with van der Waals surface area (Å²) >= 11 is 0. The molecule has 1 aliphatic carbocycles. The van der Waals surface area contributed by atoms with Gasteiger partial charge in [-0.1, -0.05) is 36.4 Å². The highest BCUT2D eigenvalue weighted by Crippen LogP contribution is 2.26. The highest BCUT2D eigenvalue weighted by molar-refractivity contribution is 6.12. The predicted molar refractivity (Wildman–Crippen MR) is 108 cm³/mol. The summed E-state index contributed by atoms with van der Waals surface area (Å²) in [4.78, 5) is 25.3. The van der Waals surface area contributed by atoms with Crippen molar-refractivity contribution in [1.82, 2.24) is 15.1 Å². The van der Waals surface area contributed by atoms with E-state index in [-0.39, 0.29) is 23.6 Å². The van der Waals surface area contributed by atoms with Crippen LogP contribution in [0.1, 0.15) is 50.4 Å². The van der Waals surface area contributed by atoms with Crippen LogP contribution in [0.4, 0.5) is 5.82 Å². The standard InChI is InChI=1S/C22H22N4O2/c1-13-8-9-16(22(28)24-17-10-11-17)12-18(13)26-21(23)19(14(2)25-26)20(27)15-6-4-3-5-7-15/h3-9,12,17H,10-11,23H2,1-2H3,(H,24,28). The average molecular weight is 374 g/mol. The van der Waals surface area contributed by atoms with E-state index in [4.69, 9.17) is 5.73 Å². The second kappa shape index (κ2) is 6.96. The van der Waals surface area contributed by atoms with Gasteiger partial charge >= 0.3 is 0 Å². The topological polar surface area (TPSA) is 90.0 Å². The van der Waals surface area contributed by atoms with Crippen LogP contribution in [0.3, 0.4) is 0 Å². The van der Waals surface area contributed by atoms with Crippen molar-refractivity contribution in [2.75, 3.05) is 5.73 Å². The maximum atomic E-state index is 12.9. The molecular weight excluding hydrogens is 352 g/mol. The molecular formula is C22H22N4O2. The van der Waals surface area contributed by atoms with Crippen molar-refractivity contribution in [2.45, 2.75) is 32.7 Å². The molecule has 0 radical (unpaired) electrons. The van der Waals surface area contributed by atoms with Gasteiger partial charge in [0.2, 0.25) is 0 Å². The summed E-state index contributed by atoms with van der Waals surface area (Å²) in [5.41, 5.74) is 10.00. The number of rotatable bonds is 5. The van der Waals surface area contributed by atoms with Crippen LogP contribution in [-0.4, -0.2) is 27.5 Å². The van der Waals surface area contributed by atoms with Gasteiger partial charge < -0.3 is 11.1 Å². The third kappa shape index (κ3) is 3.29. The minimum atomic E-state index is -0.165. The SMILES string of the molecule is Cc1ccc(C(=O)NC2CC2)cc1-n1nc(C)c(C(=O)c2ccccc2)c1N. The lowest BCUT2D eigenvalue weighted by atomic mass is 10.0. The summed E-state index contributed by atoms with van der Waals surface area (Å²) in [6, 6.07) is 14.7. The van der Waals surface area contributed by atoms with E-state index in [1.807, 2.05) is 31.2 Å². The average Bonchev–Trinajstić information content (AvgIpc) is 3.46. The van der Waals surface area contributed by atoms with Crippen LogP contribution < -0.4 is 11.1 Å². The van der Waals surface area contributed by atoms with E-state index in [0.717, 1.165) is 18.4 Å². The van der Waals surface area contributed by atoms with Gasteiger partial charge in [0.05, 0.1) is 16.9 Å². The summed E-state index contributed by atoms with van der Waals surface area (Å²) in [7, 11) is 0. The summed E-state index contributed by atoms with van der Waals surface area (Å²) in [6.07, 6.45) is 2.06. The van der Waals surface area contributed by atoms with Crippen molar-refractivity contribution >= 4 is 17.5 Å². The van der Waals surface area contributed by atoms with Crippen LogP contribution in [-0.2, 0) is 0 Å². The third-order valence-corrected chi connectivity index (χ3v) is 4.97. The Morgan fingerprint density at radius 2 is 1.79 bits per heavy atom. The summed E-state index contributed by atoms with van der Waals surface area (Å²) in [5.74, 6) is 0.00289. The number of aromatic nitrogens is 2. The molecule has 28 heavy (non-hydrogen) atoms. The van der Waals surface area contributed by atoms with E-state index in [9.17, 15) is 9.59 Å². The van der Waals surface area contributed by atoms with Gasteiger partial charge in [0.25, 0.3) is 5.91 Å². The predicted octanol–water partition coefficient (Wildman–Crippen LogP) is 3.19. The number of aryl methyl sites for hydroxylation is 2. The second-order valence-corrected chi connectivity index (χ2v) is 7.20. The number of anilines is 1. The molecule has 0 bridgehead atoms. The van der Waals surface area contributed by atoms with Crippen LogP contribution in [0.2, 0.25) is 0 Å². The zero-order valence-electron chi connectivity index (χ0n) is 15.9. The maximum Gasteiger partial charge on any atom is 0.251 e. The number of ketones is 1. The largest absolute Gasteiger partial charge is 0.383 e. The van der Waals surface area contributed by atoms with Gasteiger partial charge in [0.1, 0.15) is 5.82 Å². The highest BCUT2D eigenvalue weighted by atomic mass is 16.1. The number of nitrogens with zero attached hydrogens (tertiary/aromatic N) is 2. The van der Waals surface area contributed by atoms with Crippen molar-refractivity contribution in [3.63, 3.8) is 0 Å². The number of hydrogen-bond donors (Lipinski definition) is 2. The van der Waals surface area contributed by atoms with Gasteiger partial charge in [-0.2, -0.15) is 5.10 Å². The van der Waals surface area contributed by atoms with E-state index >= 15 is 0 Å². The maximum absolute atomic E-state index is 12.9. The zero-order chi connectivity index (χ0) is 19.8. The third-order valence-electron chi connectivity index (χ3n) is 4.97. The molecule has 0 saturated heterocycles. The van der Waals surface area contributed by atoms with Crippen molar-refractivity contribution < 1.29 is 9.59 Å². The Bertz CT molecular complexity index is 1070. The Morgan fingerprint density at radius 1 is 1.07 bits per heavy atom.